The second kappa shape index (κ2) is 14.1. The maximum absolute atomic E-state index is 10.7. The summed E-state index contributed by atoms with van der Waals surface area (Å²) in [7, 11) is 0. The van der Waals surface area contributed by atoms with Crippen LogP contribution >= 0.6 is 0 Å². The van der Waals surface area contributed by atoms with Gasteiger partial charge in [0.2, 0.25) is 11.9 Å². The smallest absolute Gasteiger partial charge is 0.269 e. The first-order valence-corrected chi connectivity index (χ1v) is 11.3. The molecule has 0 amide bonds. The average molecular weight is 608 g/mol. The molecule has 0 fully saturated rings. The molecule has 0 spiro atoms. The monoisotopic (exact) mass is 607 g/mol. The van der Waals surface area contributed by atoms with Crippen LogP contribution in [0.15, 0.2) is 48.5 Å². The third kappa shape index (κ3) is 9.18. The van der Waals surface area contributed by atoms with Crippen LogP contribution in [0.2, 0.25) is 0 Å². The molecule has 2 heterocycles. The van der Waals surface area contributed by atoms with E-state index >= 15 is 0 Å². The zero-order chi connectivity index (χ0) is 26.4. The minimum atomic E-state index is -0.413. The molecule has 0 saturated carbocycles. The number of hydrogen-bond acceptors (Lipinski definition) is 9. The standard InChI is InChI=1S/C13H14N4O2.C13H16N4.CH3.Pd/c1-8-6-11(17(18)19)4-5-12(8)16-13-14-9(2)7-10(3)15-13;1-8-6-11(14)4-5-12(8)17-13-15-9(2)7-10(3)16-13;;/h4-7H,1-3H3,(H,14,15,16);4-7H,14H2,1-3H3,(H,15,16,17);1H3;/q;;-1;. The van der Waals surface area contributed by atoms with Crippen LogP contribution in [0.25, 0.3) is 0 Å². The van der Waals surface area contributed by atoms with Crippen LogP contribution in [-0.4, -0.2) is 24.9 Å². The maximum atomic E-state index is 10.7. The van der Waals surface area contributed by atoms with E-state index in [1.54, 1.807) is 13.0 Å². The number of nitrogens with one attached hydrogen (secondary N) is 2. The number of hydrogen-bond donors (Lipinski definition) is 3. The predicted molar refractivity (Wildman–Crippen MR) is 149 cm³/mol. The SMILES string of the molecule is Cc1cc(C)nc(Nc2ccc(N)cc2C)n1.Cc1cc(C)nc(Nc2ccc([N+](=O)[O-])cc2C)n1.[CH3-].[Pd]. The molecule has 0 atom stereocenters. The quantitative estimate of drug-likeness (QED) is 0.0790. The summed E-state index contributed by atoms with van der Waals surface area (Å²) in [5, 5.41) is 17.0. The molecule has 0 saturated heterocycles. The summed E-state index contributed by atoms with van der Waals surface area (Å²) < 4.78 is 0. The molecule has 0 bridgehead atoms. The summed E-state index contributed by atoms with van der Waals surface area (Å²) in [6, 6.07) is 14.2. The van der Waals surface area contributed by atoms with Crippen molar-refractivity contribution in [2.45, 2.75) is 41.5 Å². The van der Waals surface area contributed by atoms with Gasteiger partial charge < -0.3 is 23.8 Å². The van der Waals surface area contributed by atoms with Gasteiger partial charge in [-0.25, -0.2) is 19.9 Å². The van der Waals surface area contributed by atoms with Crippen LogP contribution in [0.4, 0.5) is 34.6 Å². The van der Waals surface area contributed by atoms with E-state index in [1.165, 1.54) is 12.1 Å². The molecular formula is C27H33N8O2Pd-. The first-order chi connectivity index (χ1) is 17.0. The van der Waals surface area contributed by atoms with E-state index in [0.717, 1.165) is 51.0 Å². The minimum absolute atomic E-state index is 0. The van der Waals surface area contributed by atoms with Gasteiger partial charge in [-0.05, 0) is 89.1 Å². The summed E-state index contributed by atoms with van der Waals surface area (Å²) in [5.41, 5.74) is 13.8. The minimum Gasteiger partial charge on any atom is -0.399 e. The average Bonchev–Trinajstić information content (AvgIpc) is 2.76. The molecule has 2 aromatic heterocycles. The Morgan fingerprint density at radius 1 is 0.684 bits per heavy atom. The second-order valence-electron chi connectivity index (χ2n) is 8.53. The fourth-order valence-corrected chi connectivity index (χ4v) is 3.53. The van der Waals surface area contributed by atoms with Crippen LogP contribution in [0.1, 0.15) is 33.9 Å². The Morgan fingerprint density at radius 2 is 1.08 bits per heavy atom. The normalized spacial score (nSPS) is 9.74. The Morgan fingerprint density at radius 3 is 1.45 bits per heavy atom. The largest absolute Gasteiger partial charge is 0.399 e. The van der Waals surface area contributed by atoms with Crippen LogP contribution in [0, 0.1) is 59.1 Å². The van der Waals surface area contributed by atoms with Crippen molar-refractivity contribution in [3.63, 3.8) is 0 Å². The van der Waals surface area contributed by atoms with Gasteiger partial charge >= 0.3 is 0 Å². The number of anilines is 5. The third-order valence-electron chi connectivity index (χ3n) is 5.13. The van der Waals surface area contributed by atoms with Crippen molar-refractivity contribution in [2.75, 3.05) is 16.4 Å². The molecule has 10 nitrogen and oxygen atoms in total. The van der Waals surface area contributed by atoms with E-state index < -0.39 is 4.92 Å². The molecule has 4 N–H and O–H groups in total. The Labute approximate surface area is 237 Å². The zero-order valence-electron chi connectivity index (χ0n) is 22.6. The molecule has 204 valence electrons. The number of nitrogens with two attached hydrogens (primary N) is 1. The number of nitrogens with zero attached hydrogens (tertiary/aromatic N) is 5. The van der Waals surface area contributed by atoms with Crippen molar-refractivity contribution >= 4 is 34.6 Å². The van der Waals surface area contributed by atoms with Gasteiger partial charge in [-0.3, -0.25) is 10.1 Å². The molecule has 4 aromatic rings. The second-order valence-corrected chi connectivity index (χ2v) is 8.53. The van der Waals surface area contributed by atoms with Gasteiger partial charge in [-0.1, -0.05) is 0 Å². The fraction of sp³-hybridized carbons (Fsp3) is 0.222. The van der Waals surface area contributed by atoms with Crippen LogP contribution in [0.5, 0.6) is 0 Å². The number of nitro groups is 1. The molecule has 38 heavy (non-hydrogen) atoms. The number of rotatable bonds is 5. The first kappa shape index (κ1) is 32.1. The number of nitro benzene ring substituents is 1. The van der Waals surface area contributed by atoms with Gasteiger partial charge in [0.1, 0.15) is 0 Å². The van der Waals surface area contributed by atoms with E-state index in [0.29, 0.717) is 11.9 Å². The van der Waals surface area contributed by atoms with E-state index in [-0.39, 0.29) is 33.5 Å². The van der Waals surface area contributed by atoms with Crippen LogP contribution < -0.4 is 16.4 Å². The Bertz CT molecular complexity index is 1370. The number of nitrogen functional groups attached to an aromatic ring is 1. The summed E-state index contributed by atoms with van der Waals surface area (Å²) in [5.74, 6) is 1.12. The fourth-order valence-electron chi connectivity index (χ4n) is 3.53. The molecule has 0 aliphatic heterocycles. The summed E-state index contributed by atoms with van der Waals surface area (Å²) in [4.78, 5) is 27.5. The van der Waals surface area contributed by atoms with Gasteiger partial charge in [0, 0.05) is 72.4 Å². The zero-order valence-corrected chi connectivity index (χ0v) is 24.1. The molecular weight excluding hydrogens is 575 g/mol. The Hall–Kier alpha value is -3.94. The molecule has 11 heteroatoms. The number of aromatic nitrogens is 4. The first-order valence-electron chi connectivity index (χ1n) is 11.3. The molecule has 0 radical (unpaired) electrons. The van der Waals surface area contributed by atoms with Crippen molar-refractivity contribution in [3.05, 3.63) is 100.0 Å². The van der Waals surface area contributed by atoms with E-state index in [1.807, 2.05) is 65.0 Å². The number of non-ortho nitro benzene ring substituents is 1. The molecule has 0 aliphatic rings. The van der Waals surface area contributed by atoms with Crippen molar-refractivity contribution in [2.24, 2.45) is 0 Å². The molecule has 0 unspecified atom stereocenters. The Balaban J connectivity index is 0.000000363. The summed E-state index contributed by atoms with van der Waals surface area (Å²) in [6.07, 6.45) is 0. The maximum Gasteiger partial charge on any atom is 0.269 e. The number of benzene rings is 2. The molecule has 4 rings (SSSR count). The van der Waals surface area contributed by atoms with Crippen molar-refractivity contribution in [3.8, 4) is 0 Å². The van der Waals surface area contributed by atoms with Gasteiger partial charge in [0.25, 0.3) is 5.69 Å². The van der Waals surface area contributed by atoms with Crippen molar-refractivity contribution in [1.29, 1.82) is 0 Å². The molecule has 2 aromatic carbocycles. The Kier molecular flexibility index (Phi) is 11.9. The third-order valence-corrected chi connectivity index (χ3v) is 5.13. The number of aryl methyl sites for hydroxylation is 6. The van der Waals surface area contributed by atoms with Crippen molar-refractivity contribution in [1.82, 2.24) is 19.9 Å². The van der Waals surface area contributed by atoms with Gasteiger partial charge in [-0.2, -0.15) is 0 Å². The van der Waals surface area contributed by atoms with E-state index in [2.05, 4.69) is 30.6 Å². The topological polar surface area (TPSA) is 145 Å². The van der Waals surface area contributed by atoms with Crippen LogP contribution in [0.3, 0.4) is 0 Å². The van der Waals surface area contributed by atoms with Crippen molar-refractivity contribution < 1.29 is 25.3 Å². The molecule has 0 aliphatic carbocycles. The van der Waals surface area contributed by atoms with Crippen LogP contribution in [-0.2, 0) is 20.4 Å². The summed E-state index contributed by atoms with van der Waals surface area (Å²) in [6.45, 7) is 11.5. The van der Waals surface area contributed by atoms with Gasteiger partial charge in [-0.15, -0.1) is 0 Å². The predicted octanol–water partition coefficient (Wildman–Crippen LogP) is 6.23. The summed E-state index contributed by atoms with van der Waals surface area (Å²) >= 11 is 0. The van der Waals surface area contributed by atoms with E-state index in [4.69, 9.17) is 5.73 Å². The van der Waals surface area contributed by atoms with Gasteiger partial charge in [0.15, 0.2) is 0 Å². The van der Waals surface area contributed by atoms with Gasteiger partial charge in [0.05, 0.1) is 4.92 Å². The van der Waals surface area contributed by atoms with E-state index in [9.17, 15) is 10.1 Å².